The van der Waals surface area contributed by atoms with Gasteiger partial charge < -0.3 is 19.9 Å². The van der Waals surface area contributed by atoms with Gasteiger partial charge in [0.2, 0.25) is 11.8 Å². The number of ether oxygens (including phenoxy) is 1. The van der Waals surface area contributed by atoms with Crippen LogP contribution in [0.4, 0.5) is 0 Å². The molecule has 130 valence electrons. The van der Waals surface area contributed by atoms with Crippen LogP contribution in [-0.2, 0) is 20.9 Å². The van der Waals surface area contributed by atoms with E-state index in [0.717, 1.165) is 18.7 Å². The molecule has 0 aliphatic carbocycles. The Hall–Kier alpha value is -1.99. The summed E-state index contributed by atoms with van der Waals surface area (Å²) in [6.07, 6.45) is 3.06. The molecular weight excluding hydrogens is 308 g/mol. The summed E-state index contributed by atoms with van der Waals surface area (Å²) in [7, 11) is 1.99. The molecule has 0 unspecified atom stereocenters. The highest BCUT2D eigenvalue weighted by Crippen LogP contribution is 2.18. The molecule has 2 fully saturated rings. The lowest BCUT2D eigenvalue weighted by molar-refractivity contribution is -0.146. The van der Waals surface area contributed by atoms with Gasteiger partial charge in [-0.1, -0.05) is 6.07 Å². The number of morpholine rings is 1. The van der Waals surface area contributed by atoms with Gasteiger partial charge in [-0.05, 0) is 25.6 Å². The number of rotatable bonds is 5. The van der Waals surface area contributed by atoms with E-state index in [4.69, 9.17) is 4.74 Å². The van der Waals surface area contributed by atoms with Crippen LogP contribution in [-0.4, -0.2) is 72.0 Å². The number of piperidine rings is 1. The van der Waals surface area contributed by atoms with Gasteiger partial charge in [-0.15, -0.1) is 0 Å². The van der Waals surface area contributed by atoms with E-state index in [1.807, 2.05) is 30.1 Å². The third kappa shape index (κ3) is 4.30. The monoisotopic (exact) mass is 332 g/mol. The smallest absolute Gasteiger partial charge is 0.246 e. The van der Waals surface area contributed by atoms with Crippen LogP contribution < -0.4 is 5.32 Å². The van der Waals surface area contributed by atoms with E-state index in [1.165, 1.54) is 0 Å². The topological polar surface area (TPSA) is 74.8 Å². The van der Waals surface area contributed by atoms with Crippen molar-refractivity contribution in [2.24, 2.45) is 0 Å². The van der Waals surface area contributed by atoms with Crippen molar-refractivity contribution in [2.45, 2.75) is 31.5 Å². The molecule has 0 radical (unpaired) electrons. The Morgan fingerprint density at radius 2 is 2.38 bits per heavy atom. The molecule has 2 saturated heterocycles. The Morgan fingerprint density at radius 3 is 3.17 bits per heavy atom. The first kappa shape index (κ1) is 16.9. The molecule has 2 aliphatic heterocycles. The highest BCUT2D eigenvalue weighted by molar-refractivity contribution is 5.79. The van der Waals surface area contributed by atoms with Gasteiger partial charge in [0.25, 0.3) is 0 Å². The zero-order valence-corrected chi connectivity index (χ0v) is 14.0. The van der Waals surface area contributed by atoms with Crippen LogP contribution in [0, 0.1) is 0 Å². The molecule has 3 heterocycles. The zero-order chi connectivity index (χ0) is 16.9. The van der Waals surface area contributed by atoms with Crippen molar-refractivity contribution >= 4 is 11.8 Å². The summed E-state index contributed by atoms with van der Waals surface area (Å²) in [6, 6.07) is 5.76. The Bertz CT molecular complexity index is 580. The van der Waals surface area contributed by atoms with Crippen LogP contribution in [0.1, 0.15) is 18.5 Å². The minimum atomic E-state index is -0.0966. The molecule has 0 bridgehead atoms. The van der Waals surface area contributed by atoms with E-state index in [1.54, 1.807) is 6.20 Å². The molecule has 2 aliphatic rings. The number of likely N-dealkylation sites (tertiary alicyclic amines) is 1. The van der Waals surface area contributed by atoms with Crippen molar-refractivity contribution in [1.82, 2.24) is 20.1 Å². The molecule has 0 spiro atoms. The largest absolute Gasteiger partial charge is 0.366 e. The van der Waals surface area contributed by atoms with Crippen molar-refractivity contribution in [3.8, 4) is 0 Å². The summed E-state index contributed by atoms with van der Waals surface area (Å²) in [5.41, 5.74) is 0.996. The minimum absolute atomic E-state index is 0.0404. The summed E-state index contributed by atoms with van der Waals surface area (Å²) in [5, 5.41) is 2.92. The maximum atomic E-state index is 12.4. The van der Waals surface area contributed by atoms with Gasteiger partial charge >= 0.3 is 0 Å². The van der Waals surface area contributed by atoms with Crippen molar-refractivity contribution in [3.05, 3.63) is 30.1 Å². The molecule has 2 amide bonds. The molecule has 0 saturated carbocycles. The molecule has 1 N–H and O–H groups in total. The molecule has 24 heavy (non-hydrogen) atoms. The lowest BCUT2D eigenvalue weighted by Crippen LogP contribution is -2.61. The standard InChI is InChI=1S/C17H24N4O3/c1-20(10-13-4-2-3-7-18-13)8-6-17(23)21-9-5-15-14(11-21)19-16(22)12-24-15/h2-4,7,14-15H,5-6,8-12H2,1H3,(H,19,22)/t14-,15+/m0/s1. The third-order valence-corrected chi connectivity index (χ3v) is 4.54. The van der Waals surface area contributed by atoms with Crippen molar-refractivity contribution in [1.29, 1.82) is 0 Å². The number of nitrogens with one attached hydrogen (secondary N) is 1. The first-order chi connectivity index (χ1) is 11.6. The molecule has 2 atom stereocenters. The van der Waals surface area contributed by atoms with E-state index in [0.29, 0.717) is 26.1 Å². The van der Waals surface area contributed by atoms with Crippen LogP contribution in [0.2, 0.25) is 0 Å². The normalized spacial score (nSPS) is 23.8. The lowest BCUT2D eigenvalue weighted by atomic mass is 10.00. The summed E-state index contributed by atoms with van der Waals surface area (Å²) in [4.78, 5) is 32.1. The molecular formula is C17H24N4O3. The summed E-state index contributed by atoms with van der Waals surface area (Å²) in [6.45, 7) is 2.78. The quantitative estimate of drug-likeness (QED) is 0.823. The first-order valence-electron chi connectivity index (χ1n) is 8.39. The second kappa shape index (κ2) is 7.72. The molecule has 1 aromatic rings. The van der Waals surface area contributed by atoms with Gasteiger partial charge in [-0.3, -0.25) is 14.6 Å². The summed E-state index contributed by atoms with van der Waals surface area (Å²) in [5.74, 6) is 0.0294. The van der Waals surface area contributed by atoms with Gasteiger partial charge in [0.15, 0.2) is 0 Å². The number of hydrogen-bond acceptors (Lipinski definition) is 5. The highest BCUT2D eigenvalue weighted by Gasteiger charge is 2.36. The average Bonchev–Trinajstić information content (AvgIpc) is 2.60. The number of carbonyl (C=O) groups excluding carboxylic acids is 2. The first-order valence-corrected chi connectivity index (χ1v) is 8.39. The third-order valence-electron chi connectivity index (χ3n) is 4.54. The predicted molar refractivity (Wildman–Crippen MR) is 88.1 cm³/mol. The van der Waals surface area contributed by atoms with Crippen LogP contribution in [0.5, 0.6) is 0 Å². The Labute approximate surface area is 142 Å². The van der Waals surface area contributed by atoms with Gasteiger partial charge in [0, 0.05) is 38.8 Å². The zero-order valence-electron chi connectivity index (χ0n) is 14.0. The number of amides is 2. The molecule has 7 nitrogen and oxygen atoms in total. The van der Waals surface area contributed by atoms with Crippen molar-refractivity contribution in [2.75, 3.05) is 33.3 Å². The van der Waals surface area contributed by atoms with E-state index in [2.05, 4.69) is 15.2 Å². The van der Waals surface area contributed by atoms with Crippen molar-refractivity contribution < 1.29 is 14.3 Å². The van der Waals surface area contributed by atoms with Crippen LogP contribution >= 0.6 is 0 Å². The van der Waals surface area contributed by atoms with Crippen molar-refractivity contribution in [3.63, 3.8) is 0 Å². The fourth-order valence-corrected chi connectivity index (χ4v) is 3.22. The number of pyridine rings is 1. The molecule has 0 aromatic carbocycles. The Morgan fingerprint density at radius 1 is 1.50 bits per heavy atom. The van der Waals surface area contributed by atoms with Gasteiger partial charge in [0.1, 0.15) is 6.61 Å². The highest BCUT2D eigenvalue weighted by atomic mass is 16.5. The predicted octanol–water partition coefficient (Wildman–Crippen LogP) is 0.0194. The summed E-state index contributed by atoms with van der Waals surface area (Å²) >= 11 is 0. The van der Waals surface area contributed by atoms with E-state index >= 15 is 0 Å². The summed E-state index contributed by atoms with van der Waals surface area (Å²) < 4.78 is 5.52. The minimum Gasteiger partial charge on any atom is -0.366 e. The average molecular weight is 332 g/mol. The maximum Gasteiger partial charge on any atom is 0.246 e. The second-order valence-corrected chi connectivity index (χ2v) is 6.46. The number of nitrogens with zero attached hydrogens (tertiary/aromatic N) is 3. The van der Waals surface area contributed by atoms with Crippen LogP contribution in [0.15, 0.2) is 24.4 Å². The fourth-order valence-electron chi connectivity index (χ4n) is 3.22. The van der Waals surface area contributed by atoms with Gasteiger partial charge in [-0.25, -0.2) is 0 Å². The Balaban J connectivity index is 1.44. The van der Waals surface area contributed by atoms with E-state index in [9.17, 15) is 9.59 Å². The number of carbonyl (C=O) groups is 2. The van der Waals surface area contributed by atoms with Crippen LogP contribution in [0.25, 0.3) is 0 Å². The van der Waals surface area contributed by atoms with Gasteiger partial charge in [-0.2, -0.15) is 0 Å². The molecule has 3 rings (SSSR count). The van der Waals surface area contributed by atoms with Gasteiger partial charge in [0.05, 0.1) is 17.8 Å². The lowest BCUT2D eigenvalue weighted by Gasteiger charge is -2.41. The SMILES string of the molecule is CN(CCC(=O)N1CC[C@H]2OCC(=O)N[C@H]2C1)Cc1ccccn1. The number of fused-ring (bicyclic) bond motifs is 1. The van der Waals surface area contributed by atoms with Crippen LogP contribution in [0.3, 0.4) is 0 Å². The fraction of sp³-hybridized carbons (Fsp3) is 0.588. The van der Waals surface area contributed by atoms with E-state index in [-0.39, 0.29) is 30.6 Å². The van der Waals surface area contributed by atoms with E-state index < -0.39 is 0 Å². The number of hydrogen-bond donors (Lipinski definition) is 1. The number of aromatic nitrogens is 1. The second-order valence-electron chi connectivity index (χ2n) is 6.46. The Kier molecular flexibility index (Phi) is 5.42. The molecule has 7 heteroatoms. The molecule has 1 aromatic heterocycles. The maximum absolute atomic E-state index is 12.4.